The number of halogens is 1. The number of rotatable bonds is 4. The Morgan fingerprint density at radius 1 is 1.44 bits per heavy atom. The van der Waals surface area contributed by atoms with E-state index in [0.717, 1.165) is 16.6 Å². The molecular weight excluding hydrogens is 327 g/mol. The number of aliphatic carboxylic acids is 1. The Bertz CT molecular complexity index is 942. The number of hydrogen-bond acceptors (Lipinski definition) is 5. The van der Waals surface area contributed by atoms with Crippen LogP contribution in [0.15, 0.2) is 24.5 Å². The van der Waals surface area contributed by atoms with Gasteiger partial charge in [-0.15, -0.1) is 0 Å². The first-order valence-corrected chi connectivity index (χ1v) is 8.12. The predicted molar refractivity (Wildman–Crippen MR) is 90.2 cm³/mol. The lowest BCUT2D eigenvalue weighted by atomic mass is 10.1. The molecule has 2 N–H and O–H groups in total. The lowest BCUT2D eigenvalue weighted by Crippen LogP contribution is -2.43. The normalized spacial score (nSPS) is 18.1. The number of H-pyrrole nitrogens is 1. The van der Waals surface area contributed by atoms with Gasteiger partial charge < -0.3 is 19.7 Å². The van der Waals surface area contributed by atoms with E-state index in [1.807, 2.05) is 0 Å². The zero-order valence-electron chi connectivity index (χ0n) is 13.4. The molecule has 25 heavy (non-hydrogen) atoms. The fraction of sp³-hybridized carbons (Fsp3) is 0.353. The molecule has 1 aromatic carbocycles. The van der Waals surface area contributed by atoms with Crippen LogP contribution in [0.5, 0.6) is 0 Å². The molecule has 3 aromatic rings. The summed E-state index contributed by atoms with van der Waals surface area (Å²) in [6, 6.07) is 4.58. The summed E-state index contributed by atoms with van der Waals surface area (Å²) in [6.45, 7) is 1.73. The minimum absolute atomic E-state index is 0.0735. The van der Waals surface area contributed by atoms with Gasteiger partial charge in [0.25, 0.3) is 0 Å². The van der Waals surface area contributed by atoms with Gasteiger partial charge in [0.1, 0.15) is 23.6 Å². The summed E-state index contributed by atoms with van der Waals surface area (Å²) in [5, 5.41) is 10.6. The number of nitrogens with one attached hydrogen (secondary N) is 1. The zero-order chi connectivity index (χ0) is 17.4. The van der Waals surface area contributed by atoms with Gasteiger partial charge in [-0.1, -0.05) is 0 Å². The second-order valence-corrected chi connectivity index (χ2v) is 6.11. The van der Waals surface area contributed by atoms with Gasteiger partial charge in [-0.3, -0.25) is 4.79 Å². The highest BCUT2D eigenvalue weighted by molar-refractivity contribution is 6.11. The quantitative estimate of drug-likeness (QED) is 0.755. The molecule has 1 fully saturated rings. The third kappa shape index (κ3) is 3.00. The molecule has 1 atom stereocenters. The van der Waals surface area contributed by atoms with Crippen LogP contribution in [0.2, 0.25) is 0 Å². The van der Waals surface area contributed by atoms with Gasteiger partial charge in [0.05, 0.1) is 23.6 Å². The molecule has 1 aliphatic rings. The molecule has 0 spiro atoms. The highest BCUT2D eigenvalue weighted by Crippen LogP contribution is 2.32. The molecule has 1 aliphatic heterocycles. The second-order valence-electron chi connectivity index (χ2n) is 6.11. The van der Waals surface area contributed by atoms with Crippen molar-refractivity contribution in [3.8, 4) is 0 Å². The fourth-order valence-corrected chi connectivity index (χ4v) is 3.30. The van der Waals surface area contributed by atoms with Gasteiger partial charge in [-0.25, -0.2) is 14.4 Å². The summed E-state index contributed by atoms with van der Waals surface area (Å²) < 4.78 is 19.2. The summed E-state index contributed by atoms with van der Waals surface area (Å²) in [4.78, 5) is 24.7. The van der Waals surface area contributed by atoms with Crippen LogP contribution in [0, 0.1) is 5.82 Å². The van der Waals surface area contributed by atoms with Gasteiger partial charge in [0.2, 0.25) is 0 Å². The zero-order valence-corrected chi connectivity index (χ0v) is 13.4. The van der Waals surface area contributed by atoms with Crippen LogP contribution < -0.4 is 4.90 Å². The molecule has 4 rings (SSSR count). The number of aromatic nitrogens is 3. The van der Waals surface area contributed by atoms with Crippen molar-refractivity contribution < 1.29 is 19.0 Å². The Labute approximate surface area is 142 Å². The van der Waals surface area contributed by atoms with Crippen molar-refractivity contribution in [2.75, 3.05) is 24.6 Å². The number of ether oxygens (including phenoxy) is 1. The van der Waals surface area contributed by atoms with E-state index >= 15 is 0 Å². The summed E-state index contributed by atoms with van der Waals surface area (Å²) in [5.74, 6) is -0.385. The van der Waals surface area contributed by atoms with Gasteiger partial charge in [-0.2, -0.15) is 0 Å². The van der Waals surface area contributed by atoms with Crippen LogP contribution in [-0.2, 0) is 9.53 Å². The van der Waals surface area contributed by atoms with Crippen LogP contribution in [0.4, 0.5) is 10.2 Å². The Hall–Kier alpha value is -2.74. The first-order chi connectivity index (χ1) is 12.1. The molecule has 3 heterocycles. The van der Waals surface area contributed by atoms with Crippen molar-refractivity contribution in [3.63, 3.8) is 0 Å². The maximum atomic E-state index is 13.5. The van der Waals surface area contributed by atoms with Crippen LogP contribution >= 0.6 is 0 Å². The van der Waals surface area contributed by atoms with E-state index in [-0.39, 0.29) is 18.3 Å². The number of fused-ring (bicyclic) bond motifs is 3. The van der Waals surface area contributed by atoms with Crippen molar-refractivity contribution in [3.05, 3.63) is 30.3 Å². The maximum absolute atomic E-state index is 13.5. The predicted octanol–water partition coefficient (Wildman–Crippen LogP) is 2.32. The number of aromatic amines is 1. The smallest absolute Gasteiger partial charge is 0.303 e. The van der Waals surface area contributed by atoms with Gasteiger partial charge >= 0.3 is 5.97 Å². The fourth-order valence-electron chi connectivity index (χ4n) is 3.30. The standard InChI is InChI=1S/C17H17FN4O3/c18-10-1-3-12-13(7-10)21-16-15(12)17(20-9-19-16)22-5-6-25-11(8-22)2-4-14(23)24/h1,3,7,9,11H,2,4-6,8H2,(H,23,24)(H,19,20,21). The van der Waals surface area contributed by atoms with Crippen molar-refractivity contribution >= 4 is 33.7 Å². The van der Waals surface area contributed by atoms with Crippen molar-refractivity contribution in [2.45, 2.75) is 18.9 Å². The molecule has 1 unspecified atom stereocenters. The molecule has 0 radical (unpaired) electrons. The SMILES string of the molecule is O=C(O)CCC1CN(c2ncnc3[nH]c4cc(F)ccc4c23)CCO1. The molecule has 0 amide bonds. The van der Waals surface area contributed by atoms with Gasteiger partial charge in [0, 0.05) is 24.9 Å². The summed E-state index contributed by atoms with van der Waals surface area (Å²) >= 11 is 0. The number of carbonyl (C=O) groups is 1. The van der Waals surface area contributed by atoms with Gasteiger partial charge in [0.15, 0.2) is 0 Å². The van der Waals surface area contributed by atoms with E-state index in [4.69, 9.17) is 9.84 Å². The second kappa shape index (κ2) is 6.29. The highest BCUT2D eigenvalue weighted by Gasteiger charge is 2.24. The monoisotopic (exact) mass is 344 g/mol. The third-order valence-corrected chi connectivity index (χ3v) is 4.45. The van der Waals surface area contributed by atoms with E-state index in [1.54, 1.807) is 6.07 Å². The number of nitrogens with zero attached hydrogens (tertiary/aromatic N) is 3. The number of carboxylic acids is 1. The number of anilines is 1. The van der Waals surface area contributed by atoms with E-state index in [1.165, 1.54) is 18.5 Å². The maximum Gasteiger partial charge on any atom is 0.303 e. The van der Waals surface area contributed by atoms with Crippen LogP contribution in [0.3, 0.4) is 0 Å². The minimum atomic E-state index is -0.830. The molecule has 0 saturated carbocycles. The highest BCUT2D eigenvalue weighted by atomic mass is 19.1. The molecule has 0 bridgehead atoms. The lowest BCUT2D eigenvalue weighted by Gasteiger charge is -2.33. The average molecular weight is 344 g/mol. The first kappa shape index (κ1) is 15.8. The number of benzene rings is 1. The average Bonchev–Trinajstić information content (AvgIpc) is 2.97. The molecular formula is C17H17FN4O3. The minimum Gasteiger partial charge on any atom is -0.481 e. The van der Waals surface area contributed by atoms with E-state index < -0.39 is 5.97 Å². The molecule has 1 saturated heterocycles. The van der Waals surface area contributed by atoms with Crippen molar-refractivity contribution in [1.29, 1.82) is 0 Å². The summed E-state index contributed by atoms with van der Waals surface area (Å²) in [7, 11) is 0. The van der Waals surface area contributed by atoms with Crippen molar-refractivity contribution in [2.24, 2.45) is 0 Å². The Morgan fingerprint density at radius 2 is 2.32 bits per heavy atom. The molecule has 2 aromatic heterocycles. The Kier molecular flexibility index (Phi) is 3.96. The van der Waals surface area contributed by atoms with Gasteiger partial charge in [-0.05, 0) is 24.6 Å². The molecule has 7 nitrogen and oxygen atoms in total. The number of carboxylic acid groups (broad SMARTS) is 1. The van der Waals surface area contributed by atoms with Crippen LogP contribution in [0.25, 0.3) is 21.9 Å². The summed E-state index contributed by atoms with van der Waals surface area (Å²) in [5.41, 5.74) is 1.33. The van der Waals surface area contributed by atoms with E-state index in [9.17, 15) is 9.18 Å². The third-order valence-electron chi connectivity index (χ3n) is 4.45. The molecule has 8 heteroatoms. The largest absolute Gasteiger partial charge is 0.481 e. The Morgan fingerprint density at radius 3 is 3.16 bits per heavy atom. The van der Waals surface area contributed by atoms with Crippen molar-refractivity contribution in [1.82, 2.24) is 15.0 Å². The number of hydrogen-bond donors (Lipinski definition) is 2. The molecule has 0 aliphatic carbocycles. The molecule has 130 valence electrons. The van der Waals surface area contributed by atoms with Crippen LogP contribution in [0.1, 0.15) is 12.8 Å². The van der Waals surface area contributed by atoms with E-state index in [0.29, 0.717) is 37.3 Å². The first-order valence-electron chi connectivity index (χ1n) is 8.12. The topological polar surface area (TPSA) is 91.3 Å². The summed E-state index contributed by atoms with van der Waals surface area (Å²) in [6.07, 6.45) is 1.85. The Balaban J connectivity index is 1.70. The lowest BCUT2D eigenvalue weighted by molar-refractivity contribution is -0.137. The van der Waals surface area contributed by atoms with E-state index in [2.05, 4.69) is 19.9 Å². The van der Waals surface area contributed by atoms with Crippen LogP contribution in [-0.4, -0.2) is 51.8 Å². The number of morpholine rings is 1.